The monoisotopic (exact) mass is 302 g/mol. The van der Waals surface area contributed by atoms with E-state index in [1.165, 1.54) is 0 Å². The molecular weight excluding hydrogens is 288 g/mol. The molecule has 1 amide bonds. The maximum absolute atomic E-state index is 12.8. The van der Waals surface area contributed by atoms with Crippen LogP contribution in [0.1, 0.15) is 22.3 Å². The molecule has 0 bridgehead atoms. The number of aromatic nitrogens is 1. The van der Waals surface area contributed by atoms with E-state index in [4.69, 9.17) is 16.3 Å². The molecule has 0 N–H and O–H groups in total. The molecule has 3 rings (SSSR count). The number of carbonyl (C=O) groups is 1. The predicted octanol–water partition coefficient (Wildman–Crippen LogP) is 3.34. The van der Waals surface area contributed by atoms with Crippen molar-refractivity contribution in [2.24, 2.45) is 0 Å². The normalized spacial score (nSPS) is 13.7. The van der Waals surface area contributed by atoms with Crippen LogP contribution in [0, 0.1) is 0 Å². The Hall–Kier alpha value is -2.07. The van der Waals surface area contributed by atoms with E-state index >= 15 is 0 Å². The lowest BCUT2D eigenvalue weighted by Gasteiger charge is -2.28. The highest BCUT2D eigenvalue weighted by Crippen LogP contribution is 2.30. The number of rotatable bonds is 2. The molecule has 0 spiro atoms. The molecule has 1 aromatic carbocycles. The van der Waals surface area contributed by atoms with Crippen molar-refractivity contribution < 1.29 is 9.53 Å². The van der Waals surface area contributed by atoms with Gasteiger partial charge in [0.25, 0.3) is 5.91 Å². The molecule has 4 nitrogen and oxygen atoms in total. The Labute approximate surface area is 128 Å². The number of hydrogen-bond donors (Lipinski definition) is 0. The van der Waals surface area contributed by atoms with Crippen LogP contribution >= 0.6 is 11.6 Å². The van der Waals surface area contributed by atoms with Gasteiger partial charge in [-0.25, -0.2) is 4.98 Å². The number of aryl methyl sites for hydroxylation is 1. The number of amides is 1. The average Bonchev–Trinajstić information content (AvgIpc) is 2.53. The predicted molar refractivity (Wildman–Crippen MR) is 82.2 cm³/mol. The summed E-state index contributed by atoms with van der Waals surface area (Å²) in [5.74, 6) is 1.17. The van der Waals surface area contributed by atoms with Gasteiger partial charge < -0.3 is 4.74 Å². The first-order chi connectivity index (χ1) is 10.2. The van der Waals surface area contributed by atoms with Crippen molar-refractivity contribution in [2.45, 2.75) is 12.8 Å². The number of methoxy groups -OCH3 is 1. The molecule has 0 saturated heterocycles. The third kappa shape index (κ3) is 2.59. The van der Waals surface area contributed by atoms with E-state index in [-0.39, 0.29) is 5.91 Å². The van der Waals surface area contributed by atoms with E-state index in [1.54, 1.807) is 30.3 Å². The molecular formula is C16H15ClN2O2. The molecule has 1 aliphatic rings. The maximum atomic E-state index is 12.8. The van der Waals surface area contributed by atoms with Crippen LogP contribution in [0.15, 0.2) is 36.5 Å². The van der Waals surface area contributed by atoms with E-state index in [2.05, 4.69) is 4.98 Å². The summed E-state index contributed by atoms with van der Waals surface area (Å²) in [6, 6.07) is 9.11. The summed E-state index contributed by atoms with van der Waals surface area (Å²) in [6.45, 7) is 0.651. The van der Waals surface area contributed by atoms with E-state index in [9.17, 15) is 4.79 Å². The zero-order chi connectivity index (χ0) is 14.8. The van der Waals surface area contributed by atoms with Crippen molar-refractivity contribution in [3.8, 4) is 5.75 Å². The fraction of sp³-hybridized carbons (Fsp3) is 0.250. The van der Waals surface area contributed by atoms with E-state index < -0.39 is 0 Å². The number of anilines is 1. The van der Waals surface area contributed by atoms with Gasteiger partial charge in [-0.05, 0) is 36.6 Å². The number of nitrogens with zero attached hydrogens (tertiary/aromatic N) is 2. The summed E-state index contributed by atoms with van der Waals surface area (Å²) in [5, 5.41) is 0.598. The standard InChI is InChI=1S/C16H15ClN2O2/c1-21-14-7-3-2-6-13(14)16(20)19-8-4-5-11-9-12(17)10-18-15(11)19/h2-3,6-7,9-10H,4-5,8H2,1H3. The Balaban J connectivity index is 2.00. The Morgan fingerprint density at radius 3 is 3.00 bits per heavy atom. The summed E-state index contributed by atoms with van der Waals surface area (Å²) in [4.78, 5) is 18.8. The molecule has 2 heterocycles. The number of carbonyl (C=O) groups excluding carboxylic acids is 1. The Morgan fingerprint density at radius 2 is 2.19 bits per heavy atom. The highest BCUT2D eigenvalue weighted by molar-refractivity contribution is 6.30. The minimum atomic E-state index is -0.0942. The number of benzene rings is 1. The van der Waals surface area contributed by atoms with Crippen molar-refractivity contribution in [1.82, 2.24) is 4.98 Å². The van der Waals surface area contributed by atoms with Crippen LogP contribution in [0.4, 0.5) is 5.82 Å². The van der Waals surface area contributed by atoms with Gasteiger partial charge in [0.1, 0.15) is 11.6 Å². The first kappa shape index (κ1) is 13.9. The van der Waals surface area contributed by atoms with Gasteiger partial charge in [0.05, 0.1) is 17.7 Å². The number of pyridine rings is 1. The number of ether oxygens (including phenoxy) is 1. The van der Waals surface area contributed by atoms with Crippen molar-refractivity contribution in [3.05, 3.63) is 52.7 Å². The van der Waals surface area contributed by atoms with Crippen LogP contribution < -0.4 is 9.64 Å². The second-order valence-electron chi connectivity index (χ2n) is 4.90. The largest absolute Gasteiger partial charge is 0.496 e. The van der Waals surface area contributed by atoms with Crippen LogP contribution in [0.3, 0.4) is 0 Å². The molecule has 0 fully saturated rings. The quantitative estimate of drug-likeness (QED) is 0.854. The third-order valence-electron chi connectivity index (χ3n) is 3.58. The second kappa shape index (κ2) is 5.74. The number of hydrogen-bond acceptors (Lipinski definition) is 3. The van der Waals surface area contributed by atoms with E-state index in [0.717, 1.165) is 18.4 Å². The van der Waals surface area contributed by atoms with E-state index in [1.807, 2.05) is 18.2 Å². The average molecular weight is 303 g/mol. The number of para-hydroxylation sites is 1. The van der Waals surface area contributed by atoms with Gasteiger partial charge in [-0.2, -0.15) is 0 Å². The van der Waals surface area contributed by atoms with Crippen molar-refractivity contribution >= 4 is 23.3 Å². The number of fused-ring (bicyclic) bond motifs is 1. The van der Waals surface area contributed by atoms with Gasteiger partial charge >= 0.3 is 0 Å². The zero-order valence-electron chi connectivity index (χ0n) is 11.7. The Bertz CT molecular complexity index is 688. The molecule has 1 aromatic heterocycles. The first-order valence-corrected chi connectivity index (χ1v) is 7.18. The van der Waals surface area contributed by atoms with Crippen LogP contribution in [0.25, 0.3) is 0 Å². The highest BCUT2D eigenvalue weighted by Gasteiger charge is 2.26. The van der Waals surface area contributed by atoms with Crippen LogP contribution in [-0.2, 0) is 6.42 Å². The van der Waals surface area contributed by atoms with Crippen LogP contribution in [0.5, 0.6) is 5.75 Å². The van der Waals surface area contributed by atoms with Crippen molar-refractivity contribution in [2.75, 3.05) is 18.6 Å². The molecule has 0 aliphatic carbocycles. The third-order valence-corrected chi connectivity index (χ3v) is 3.78. The highest BCUT2D eigenvalue weighted by atomic mass is 35.5. The van der Waals surface area contributed by atoms with Crippen molar-refractivity contribution in [1.29, 1.82) is 0 Å². The van der Waals surface area contributed by atoms with Crippen LogP contribution in [-0.4, -0.2) is 24.5 Å². The summed E-state index contributed by atoms with van der Waals surface area (Å²) < 4.78 is 5.28. The van der Waals surface area contributed by atoms with Gasteiger partial charge in [0, 0.05) is 12.7 Å². The summed E-state index contributed by atoms with van der Waals surface area (Å²) in [7, 11) is 1.56. The lowest BCUT2D eigenvalue weighted by molar-refractivity contribution is 0.0981. The molecule has 2 aromatic rings. The molecule has 5 heteroatoms. The van der Waals surface area contributed by atoms with Crippen molar-refractivity contribution in [3.63, 3.8) is 0 Å². The molecule has 0 atom stereocenters. The maximum Gasteiger partial charge on any atom is 0.263 e. The van der Waals surface area contributed by atoms with Gasteiger partial charge in [0.2, 0.25) is 0 Å². The topological polar surface area (TPSA) is 42.4 Å². The first-order valence-electron chi connectivity index (χ1n) is 6.80. The summed E-state index contributed by atoms with van der Waals surface area (Å²) in [6.07, 6.45) is 3.36. The van der Waals surface area contributed by atoms with Gasteiger partial charge in [0.15, 0.2) is 0 Å². The SMILES string of the molecule is COc1ccccc1C(=O)N1CCCc2cc(Cl)cnc21. The molecule has 0 saturated carbocycles. The summed E-state index contributed by atoms with van der Waals surface area (Å²) in [5.41, 5.74) is 1.56. The fourth-order valence-corrected chi connectivity index (χ4v) is 2.78. The lowest BCUT2D eigenvalue weighted by Crippen LogP contribution is -2.36. The lowest BCUT2D eigenvalue weighted by atomic mass is 10.0. The molecule has 108 valence electrons. The second-order valence-corrected chi connectivity index (χ2v) is 5.33. The molecule has 0 radical (unpaired) electrons. The molecule has 1 aliphatic heterocycles. The fourth-order valence-electron chi connectivity index (χ4n) is 2.60. The summed E-state index contributed by atoms with van der Waals surface area (Å²) >= 11 is 5.98. The van der Waals surface area contributed by atoms with E-state index in [0.29, 0.717) is 28.7 Å². The Kier molecular flexibility index (Phi) is 3.80. The minimum Gasteiger partial charge on any atom is -0.496 e. The Morgan fingerprint density at radius 1 is 1.38 bits per heavy atom. The van der Waals surface area contributed by atoms with Gasteiger partial charge in [-0.1, -0.05) is 23.7 Å². The van der Waals surface area contributed by atoms with Gasteiger partial charge in [-0.15, -0.1) is 0 Å². The molecule has 21 heavy (non-hydrogen) atoms. The number of halogens is 1. The molecule has 0 unspecified atom stereocenters. The van der Waals surface area contributed by atoms with Crippen LogP contribution in [0.2, 0.25) is 5.02 Å². The smallest absolute Gasteiger partial charge is 0.263 e. The van der Waals surface area contributed by atoms with Gasteiger partial charge in [-0.3, -0.25) is 9.69 Å². The minimum absolute atomic E-state index is 0.0942. The zero-order valence-corrected chi connectivity index (χ0v) is 12.4.